The van der Waals surface area contributed by atoms with Crippen LogP contribution in [0.15, 0.2) is 42.5 Å². The molecule has 0 bridgehead atoms. The fourth-order valence-electron chi connectivity index (χ4n) is 4.17. The molecule has 1 aliphatic rings. The number of nitrogens with zero attached hydrogens (tertiary/aromatic N) is 1. The topological polar surface area (TPSA) is 75.7 Å². The first-order valence-corrected chi connectivity index (χ1v) is 12.7. The Bertz CT molecular complexity index is 1020. The predicted octanol–water partition coefficient (Wildman–Crippen LogP) is 4.00. The van der Waals surface area contributed by atoms with Gasteiger partial charge < -0.3 is 10.1 Å². The summed E-state index contributed by atoms with van der Waals surface area (Å²) in [6.45, 7) is 6.16. The van der Waals surface area contributed by atoms with E-state index in [0.29, 0.717) is 24.5 Å². The van der Waals surface area contributed by atoms with Crippen LogP contribution in [0.2, 0.25) is 0 Å². The number of benzene rings is 2. The van der Waals surface area contributed by atoms with E-state index in [1.807, 2.05) is 20.8 Å². The number of ether oxygens (including phenoxy) is 1. The number of fused-ring (bicyclic) bond motifs is 1. The van der Waals surface area contributed by atoms with Crippen molar-refractivity contribution in [3.8, 4) is 5.75 Å². The van der Waals surface area contributed by atoms with Crippen molar-refractivity contribution in [1.29, 1.82) is 0 Å². The fourth-order valence-corrected chi connectivity index (χ4v) is 5.38. The SMILES string of the molecule is CCOc1ccc(N([C@@H](CC)C(=O)N[C@H](C)c2ccc3c(c2)CCC3)S(C)(=O)=O)cc1. The van der Waals surface area contributed by atoms with Gasteiger partial charge in [0.2, 0.25) is 15.9 Å². The molecule has 0 aliphatic heterocycles. The molecule has 1 N–H and O–H groups in total. The number of carbonyl (C=O) groups is 1. The maximum Gasteiger partial charge on any atom is 0.244 e. The van der Waals surface area contributed by atoms with Gasteiger partial charge in [0.15, 0.2) is 0 Å². The van der Waals surface area contributed by atoms with Crippen LogP contribution in [0.1, 0.15) is 56.3 Å². The second-order valence-electron chi connectivity index (χ2n) is 8.02. The Kier molecular flexibility index (Phi) is 7.26. The third kappa shape index (κ3) is 5.39. The molecule has 2 atom stereocenters. The number of rotatable bonds is 9. The number of anilines is 1. The second kappa shape index (κ2) is 9.73. The maximum atomic E-state index is 13.2. The lowest BCUT2D eigenvalue weighted by atomic mass is 10.0. The van der Waals surface area contributed by atoms with Crippen molar-refractivity contribution in [1.82, 2.24) is 5.32 Å². The van der Waals surface area contributed by atoms with Crippen molar-refractivity contribution in [2.75, 3.05) is 17.2 Å². The largest absolute Gasteiger partial charge is 0.494 e. The van der Waals surface area contributed by atoms with Gasteiger partial charge in [-0.2, -0.15) is 0 Å². The van der Waals surface area contributed by atoms with Crippen molar-refractivity contribution < 1.29 is 17.9 Å². The molecule has 6 nitrogen and oxygen atoms in total. The van der Waals surface area contributed by atoms with E-state index in [-0.39, 0.29) is 11.9 Å². The first-order chi connectivity index (χ1) is 14.7. The first-order valence-electron chi connectivity index (χ1n) is 10.9. The third-order valence-electron chi connectivity index (χ3n) is 5.71. The normalized spacial score (nSPS) is 15.1. The zero-order chi connectivity index (χ0) is 22.6. The summed E-state index contributed by atoms with van der Waals surface area (Å²) in [6.07, 6.45) is 4.83. The average Bonchev–Trinajstić information content (AvgIpc) is 3.19. The Morgan fingerprint density at radius 2 is 1.77 bits per heavy atom. The van der Waals surface area contributed by atoms with Gasteiger partial charge in [0.1, 0.15) is 11.8 Å². The molecule has 7 heteroatoms. The third-order valence-corrected chi connectivity index (χ3v) is 6.89. The highest BCUT2D eigenvalue weighted by Crippen LogP contribution is 2.27. The fraction of sp³-hybridized carbons (Fsp3) is 0.458. The van der Waals surface area contributed by atoms with Gasteiger partial charge in [0.05, 0.1) is 24.6 Å². The zero-order valence-electron chi connectivity index (χ0n) is 18.7. The summed E-state index contributed by atoms with van der Waals surface area (Å²) >= 11 is 0. The van der Waals surface area contributed by atoms with Crippen LogP contribution in [0.3, 0.4) is 0 Å². The standard InChI is InChI=1S/C24H32N2O4S/c1-5-23(26(31(4,28)29)21-12-14-22(15-13-21)30-6-2)24(27)25-17(3)19-11-10-18-8-7-9-20(18)16-19/h10-17,23H,5-9H2,1-4H3,(H,25,27)/t17-,23+/m1/s1. The summed E-state index contributed by atoms with van der Waals surface area (Å²) in [5, 5.41) is 3.02. The van der Waals surface area contributed by atoms with Crippen LogP contribution in [-0.2, 0) is 27.7 Å². The van der Waals surface area contributed by atoms with Gasteiger partial charge in [-0.3, -0.25) is 9.10 Å². The van der Waals surface area contributed by atoms with Gasteiger partial charge in [-0.15, -0.1) is 0 Å². The molecule has 0 unspecified atom stereocenters. The van der Waals surface area contributed by atoms with E-state index in [1.54, 1.807) is 24.3 Å². The number of carbonyl (C=O) groups excluding carboxylic acids is 1. The molecular weight excluding hydrogens is 412 g/mol. The smallest absolute Gasteiger partial charge is 0.244 e. The molecule has 1 amide bonds. The molecule has 168 valence electrons. The highest BCUT2D eigenvalue weighted by Gasteiger charge is 2.32. The highest BCUT2D eigenvalue weighted by molar-refractivity contribution is 7.92. The van der Waals surface area contributed by atoms with Crippen molar-refractivity contribution in [2.45, 2.75) is 58.5 Å². The van der Waals surface area contributed by atoms with Crippen LogP contribution in [0, 0.1) is 0 Å². The minimum Gasteiger partial charge on any atom is -0.494 e. The van der Waals surface area contributed by atoms with Crippen LogP contribution in [-0.4, -0.2) is 33.2 Å². The summed E-state index contributed by atoms with van der Waals surface area (Å²) in [6, 6.07) is 12.1. The molecule has 0 saturated carbocycles. The van der Waals surface area contributed by atoms with Crippen molar-refractivity contribution >= 4 is 21.6 Å². The Hall–Kier alpha value is -2.54. The van der Waals surface area contributed by atoms with Gasteiger partial charge in [0.25, 0.3) is 0 Å². The van der Waals surface area contributed by atoms with E-state index in [2.05, 4.69) is 23.5 Å². The van der Waals surface area contributed by atoms with E-state index in [9.17, 15) is 13.2 Å². The van der Waals surface area contributed by atoms with Gasteiger partial charge in [-0.1, -0.05) is 25.1 Å². The van der Waals surface area contributed by atoms with E-state index < -0.39 is 16.1 Å². The average molecular weight is 445 g/mol. The molecular formula is C24H32N2O4S. The van der Waals surface area contributed by atoms with E-state index in [0.717, 1.165) is 24.7 Å². The van der Waals surface area contributed by atoms with Gasteiger partial charge in [-0.25, -0.2) is 8.42 Å². The second-order valence-corrected chi connectivity index (χ2v) is 9.88. The number of aryl methyl sites for hydroxylation is 2. The molecule has 0 aromatic heterocycles. The van der Waals surface area contributed by atoms with Crippen LogP contribution < -0.4 is 14.4 Å². The minimum absolute atomic E-state index is 0.214. The molecule has 0 radical (unpaired) electrons. The number of hydrogen-bond acceptors (Lipinski definition) is 4. The Balaban J connectivity index is 1.81. The molecule has 2 aromatic carbocycles. The first kappa shape index (κ1) is 23.1. The highest BCUT2D eigenvalue weighted by atomic mass is 32.2. The number of amides is 1. The van der Waals surface area contributed by atoms with Crippen molar-refractivity contribution in [2.24, 2.45) is 0 Å². The van der Waals surface area contributed by atoms with Crippen LogP contribution in [0.25, 0.3) is 0 Å². The van der Waals surface area contributed by atoms with E-state index in [4.69, 9.17) is 4.74 Å². The number of hydrogen-bond donors (Lipinski definition) is 1. The van der Waals surface area contributed by atoms with E-state index in [1.165, 1.54) is 21.9 Å². The summed E-state index contributed by atoms with van der Waals surface area (Å²) in [7, 11) is -3.68. The summed E-state index contributed by atoms with van der Waals surface area (Å²) < 4.78 is 31.9. The Labute approximate surface area is 185 Å². The van der Waals surface area contributed by atoms with Crippen molar-refractivity contribution in [3.05, 3.63) is 59.2 Å². The Morgan fingerprint density at radius 1 is 1.10 bits per heavy atom. The molecule has 0 saturated heterocycles. The summed E-state index contributed by atoms with van der Waals surface area (Å²) in [5.74, 6) is 0.345. The number of nitrogens with one attached hydrogen (secondary N) is 1. The molecule has 1 aliphatic carbocycles. The van der Waals surface area contributed by atoms with Crippen LogP contribution >= 0.6 is 0 Å². The molecule has 0 fully saturated rings. The lowest BCUT2D eigenvalue weighted by molar-refractivity contribution is -0.122. The van der Waals surface area contributed by atoms with E-state index >= 15 is 0 Å². The van der Waals surface area contributed by atoms with Crippen molar-refractivity contribution in [3.63, 3.8) is 0 Å². The zero-order valence-corrected chi connectivity index (χ0v) is 19.5. The maximum absolute atomic E-state index is 13.2. The van der Waals surface area contributed by atoms with Gasteiger partial charge in [-0.05, 0) is 80.5 Å². The lowest BCUT2D eigenvalue weighted by Crippen LogP contribution is -2.49. The number of sulfonamides is 1. The monoisotopic (exact) mass is 444 g/mol. The molecule has 0 spiro atoms. The lowest BCUT2D eigenvalue weighted by Gasteiger charge is -2.31. The minimum atomic E-state index is -3.68. The summed E-state index contributed by atoms with van der Waals surface area (Å²) in [4.78, 5) is 13.2. The van der Waals surface area contributed by atoms with Crippen LogP contribution in [0.5, 0.6) is 5.75 Å². The van der Waals surface area contributed by atoms with Crippen LogP contribution in [0.4, 0.5) is 5.69 Å². The summed E-state index contributed by atoms with van der Waals surface area (Å²) in [5.41, 5.74) is 4.21. The molecule has 2 aromatic rings. The van der Waals surface area contributed by atoms with Gasteiger partial charge in [0, 0.05) is 0 Å². The molecule has 31 heavy (non-hydrogen) atoms. The molecule has 0 heterocycles. The molecule has 3 rings (SSSR count). The van der Waals surface area contributed by atoms with Gasteiger partial charge >= 0.3 is 0 Å². The quantitative estimate of drug-likeness (QED) is 0.634. The Morgan fingerprint density at radius 3 is 2.39 bits per heavy atom. The predicted molar refractivity (Wildman–Crippen MR) is 124 cm³/mol.